The fraction of sp³-hybridized carbons (Fsp3) is 0.522. The number of fused-ring (bicyclic) bond motifs is 1. The Bertz CT molecular complexity index is 4810. The Morgan fingerprint density at radius 2 is 1.00 bits per heavy atom. The summed E-state index contributed by atoms with van der Waals surface area (Å²) in [5, 5.41) is 88.3. The molecular weight excluding hydrogens is 1760 g/mol. The normalized spacial score (nSPS) is 13.5. The molecule has 0 spiro atoms. The number of nitrogens with zero attached hydrogens (tertiary/aromatic N) is 6. The minimum atomic E-state index is -1.82. The molecule has 0 fully saturated rings. The second-order valence-corrected chi connectivity index (χ2v) is 32.1. The van der Waals surface area contributed by atoms with Gasteiger partial charge < -0.3 is 134 Å². The standard InChI is InChI=1S/C90H131N23O22/c1-58(2)46-77(89(128)102-69(20-13-28-97-90(94)95-4)84(123)103-70(82(93)121)47-60-14-7-5-8-15-60)113-57-65(109-111-113)54-100-83(122)71(48-61-16-9-6-10-17-61)99-55-76(59(3)115)107-88(127)75(52-79(92)118)106-86(125)73(50-63-53-98-68-19-12-11-18-67(63)68)104-87(126)74(51-78(91)117)105-85(124)72(49-62-21-24-66(116)25-22-62)101-81(120)27-32-129-36-40-133-44-45-135-42-38-131-34-30-112-56-64(108-110-112)23-26-80(119)96-29-33-130-37-41-134-43-39-132-35-31-114/h5-12,14-19,21-22,24-25,53,56-59,69-77,98-99,114-116H,13,20,23,26-52,54-55H2,1-4H3,(H2,91,117)(H2,92,118)(H2,93,121)(H,96,119)(H,100,122)(H,101,120)(H,102,128)(H,103,123)(H,104,126)(H,105,124)(H,106,125)(H,107,127)(H3,94,95,97). The van der Waals surface area contributed by atoms with Crippen LogP contribution in [0.5, 0.6) is 5.75 Å². The number of rotatable bonds is 69. The highest BCUT2D eigenvalue weighted by molar-refractivity contribution is 5.99. The lowest BCUT2D eigenvalue weighted by atomic mass is 10.0. The van der Waals surface area contributed by atoms with Crippen LogP contribution >= 0.6 is 0 Å². The number of aliphatic hydroxyl groups excluding tert-OH is 2. The Hall–Kier alpha value is -13.0. The molecule has 45 nitrogen and oxygen atoms in total. The van der Waals surface area contributed by atoms with E-state index in [1.165, 1.54) is 42.1 Å². The molecule has 23 N–H and O–H groups in total. The Morgan fingerprint density at radius 3 is 1.59 bits per heavy atom. The molecule has 0 saturated heterocycles. The van der Waals surface area contributed by atoms with Gasteiger partial charge in [0.25, 0.3) is 0 Å². The number of para-hydroxylation sites is 1. The third-order valence-electron chi connectivity index (χ3n) is 20.8. The topological polar surface area (TPSA) is 654 Å². The maximum atomic E-state index is 14.9. The second-order valence-electron chi connectivity index (χ2n) is 32.1. The molecule has 4 aromatic carbocycles. The van der Waals surface area contributed by atoms with Gasteiger partial charge in [-0.2, -0.15) is 0 Å². The SMILES string of the molecule is CNC(=N)NCCCC(NC(=O)C(CC(C)C)n1cc(CNC(=O)C(Cc2ccccc2)NCC(NC(=O)C(CC(N)=O)NC(=O)C(Cc2c[nH]c3ccccc23)NC(=O)C(CC(N)=O)NC(=O)C(Cc2ccc(O)cc2)NC(=O)CCOCCOCCOCCOCCn2cc(CCC(=O)NCCOCCOCCOCCO)nn2)C(C)O)nn1)C(=O)NC(Cc1ccccc1)C(N)=O. The number of nitrogens with one attached hydrogen (secondary N) is 14. The van der Waals surface area contributed by atoms with E-state index >= 15 is 0 Å². The summed E-state index contributed by atoms with van der Waals surface area (Å²) in [6.07, 6.45) is 2.37. The van der Waals surface area contributed by atoms with Crippen LogP contribution in [0.2, 0.25) is 0 Å². The number of hydrogen-bond acceptors (Lipinski definition) is 28. The molecule has 3 heterocycles. The molecule has 7 rings (SSSR count). The molecule has 10 atom stereocenters. The van der Waals surface area contributed by atoms with Gasteiger partial charge >= 0.3 is 0 Å². The van der Waals surface area contributed by atoms with Gasteiger partial charge in [0.1, 0.15) is 53.7 Å². The van der Waals surface area contributed by atoms with Crippen molar-refractivity contribution in [3.63, 3.8) is 0 Å². The van der Waals surface area contributed by atoms with Crippen molar-refractivity contribution >= 4 is 87.7 Å². The van der Waals surface area contributed by atoms with E-state index in [1.807, 2.05) is 13.8 Å². The number of carbonyl (C=O) groups is 12. The molecule has 0 saturated carbocycles. The number of ether oxygens (including phenoxy) is 7. The van der Waals surface area contributed by atoms with E-state index in [-0.39, 0.29) is 153 Å². The number of benzene rings is 4. The molecule has 0 aliphatic heterocycles. The lowest BCUT2D eigenvalue weighted by Gasteiger charge is -2.28. The zero-order chi connectivity index (χ0) is 97.7. The smallest absolute Gasteiger partial charge is 0.245 e. The van der Waals surface area contributed by atoms with Crippen molar-refractivity contribution < 1.29 is 106 Å². The van der Waals surface area contributed by atoms with E-state index in [9.17, 15) is 67.7 Å². The predicted molar refractivity (Wildman–Crippen MR) is 491 cm³/mol. The number of aromatic hydroxyl groups is 1. The van der Waals surface area contributed by atoms with Gasteiger partial charge in [-0.15, -0.1) is 10.2 Å². The van der Waals surface area contributed by atoms with Gasteiger partial charge in [0.2, 0.25) is 70.9 Å². The fourth-order valence-corrected chi connectivity index (χ4v) is 13.7. The van der Waals surface area contributed by atoms with Gasteiger partial charge in [-0.25, -0.2) is 9.36 Å². The molecule has 45 heteroatoms. The van der Waals surface area contributed by atoms with Crippen molar-refractivity contribution in [3.8, 4) is 5.75 Å². The number of hydrogen-bond donors (Lipinski definition) is 20. The maximum absolute atomic E-state index is 14.9. The van der Waals surface area contributed by atoms with Crippen molar-refractivity contribution in [1.82, 2.24) is 98.8 Å². The molecule has 0 radical (unpaired) electrons. The largest absolute Gasteiger partial charge is 0.508 e. The van der Waals surface area contributed by atoms with Crippen LogP contribution in [0.3, 0.4) is 0 Å². The highest BCUT2D eigenvalue weighted by Gasteiger charge is 2.37. The number of amides is 12. The third-order valence-corrected chi connectivity index (χ3v) is 20.8. The van der Waals surface area contributed by atoms with Gasteiger partial charge in [-0.3, -0.25) is 62.9 Å². The molecule has 7 aromatic rings. The number of aromatic nitrogens is 7. The maximum Gasteiger partial charge on any atom is 0.245 e. The van der Waals surface area contributed by atoms with Crippen molar-refractivity contribution in [2.75, 3.05) is 126 Å². The number of aliphatic hydroxyl groups is 2. The van der Waals surface area contributed by atoms with Crippen LogP contribution in [-0.4, -0.2) is 307 Å². The number of guanidine groups is 1. The molecule has 0 aliphatic rings. The number of phenols is 1. The number of primary amides is 3. The van der Waals surface area contributed by atoms with E-state index in [1.54, 1.807) is 109 Å². The minimum Gasteiger partial charge on any atom is -0.508 e. The summed E-state index contributed by atoms with van der Waals surface area (Å²) >= 11 is 0. The zero-order valence-electron chi connectivity index (χ0n) is 76.6. The van der Waals surface area contributed by atoms with E-state index in [2.05, 4.69) is 89.4 Å². The Kier molecular flexibility index (Phi) is 49.3. The molecule has 738 valence electrons. The first-order valence-electron chi connectivity index (χ1n) is 44.8. The van der Waals surface area contributed by atoms with Crippen LogP contribution in [0.15, 0.2) is 128 Å². The third kappa shape index (κ3) is 42.4. The van der Waals surface area contributed by atoms with Gasteiger partial charge in [0.15, 0.2) is 5.96 Å². The van der Waals surface area contributed by atoms with Crippen molar-refractivity contribution in [1.29, 1.82) is 5.41 Å². The van der Waals surface area contributed by atoms with Crippen LogP contribution in [0.25, 0.3) is 10.9 Å². The summed E-state index contributed by atoms with van der Waals surface area (Å²) in [4.78, 5) is 169. The second kappa shape index (κ2) is 61.0. The van der Waals surface area contributed by atoms with Gasteiger partial charge in [-0.05, 0) is 79.0 Å². The average Bonchev–Trinajstić information content (AvgIpc) is 1.68. The number of H-pyrrole nitrogens is 1. The first-order chi connectivity index (χ1) is 65.0. The van der Waals surface area contributed by atoms with E-state index in [0.29, 0.717) is 105 Å². The molecule has 3 aromatic heterocycles. The highest BCUT2D eigenvalue weighted by atomic mass is 16.6. The fourth-order valence-electron chi connectivity index (χ4n) is 13.7. The van der Waals surface area contributed by atoms with Crippen LogP contribution in [-0.2, 0) is 136 Å². The first-order valence-corrected chi connectivity index (χ1v) is 44.8. The lowest BCUT2D eigenvalue weighted by Crippen LogP contribution is -2.61. The Labute approximate surface area is 782 Å². The minimum absolute atomic E-state index is 0.0405. The highest BCUT2D eigenvalue weighted by Crippen LogP contribution is 2.22. The molecule has 0 bridgehead atoms. The predicted octanol–water partition coefficient (Wildman–Crippen LogP) is -3.03. The zero-order valence-corrected chi connectivity index (χ0v) is 76.6. The van der Waals surface area contributed by atoms with E-state index in [4.69, 9.17) is 60.9 Å². The summed E-state index contributed by atoms with van der Waals surface area (Å²) in [5.41, 5.74) is 21.1. The van der Waals surface area contributed by atoms with Gasteiger partial charge in [0.05, 0.1) is 155 Å². The lowest BCUT2D eigenvalue weighted by molar-refractivity contribution is -0.136. The quantitative estimate of drug-likeness (QED) is 0.0102. The van der Waals surface area contributed by atoms with Gasteiger partial charge in [-0.1, -0.05) is 115 Å². The summed E-state index contributed by atoms with van der Waals surface area (Å²) in [5.74, 6) is -9.95. The average molecular weight is 1890 g/mol. The van der Waals surface area contributed by atoms with Crippen molar-refractivity contribution in [3.05, 3.63) is 161 Å². The van der Waals surface area contributed by atoms with Crippen LogP contribution in [0.1, 0.15) is 105 Å². The molecule has 0 aliphatic carbocycles. The Morgan fingerprint density at radius 1 is 0.489 bits per heavy atom. The summed E-state index contributed by atoms with van der Waals surface area (Å²) in [6, 6.07) is 18.1. The van der Waals surface area contributed by atoms with Crippen molar-refractivity contribution in [2.45, 2.75) is 171 Å². The van der Waals surface area contributed by atoms with Gasteiger partial charge in [0, 0.05) is 88.5 Å². The van der Waals surface area contributed by atoms with E-state index in [0.717, 1.165) is 5.56 Å². The monoisotopic (exact) mass is 1890 g/mol. The number of aromatic amines is 1. The Balaban J connectivity index is 0.920. The van der Waals surface area contributed by atoms with Crippen LogP contribution in [0.4, 0.5) is 0 Å². The summed E-state index contributed by atoms with van der Waals surface area (Å²) in [7, 11) is 1.57. The number of nitrogens with two attached hydrogens (primary N) is 3. The van der Waals surface area contributed by atoms with Crippen molar-refractivity contribution in [2.24, 2.45) is 23.1 Å². The molecule has 10 unspecified atom stereocenters. The van der Waals surface area contributed by atoms with Crippen LogP contribution < -0.4 is 81.0 Å². The van der Waals surface area contributed by atoms with E-state index < -0.39 is 138 Å². The number of carbonyl (C=O) groups excluding carboxylic acids is 12. The first kappa shape index (κ1) is 109. The summed E-state index contributed by atoms with van der Waals surface area (Å²) in [6.45, 7) is 9.24. The number of aryl methyl sites for hydroxylation is 1. The number of phenolic OH excluding ortho intramolecular Hbond substituents is 1. The molecular formula is C90H131N23O22. The summed E-state index contributed by atoms with van der Waals surface area (Å²) < 4.78 is 41.4. The molecule has 135 heavy (non-hydrogen) atoms. The molecule has 12 amide bonds. The van der Waals surface area contributed by atoms with Crippen LogP contribution in [0, 0.1) is 11.3 Å².